The molecule has 52 valence electrons. The molecule has 0 unspecified atom stereocenters. The first-order chi connectivity index (χ1) is 4.79. The van der Waals surface area contributed by atoms with Gasteiger partial charge in [-0.15, -0.1) is 0 Å². The van der Waals surface area contributed by atoms with E-state index in [0.717, 1.165) is 11.5 Å². The number of anilines is 1. The van der Waals surface area contributed by atoms with Crippen LogP contribution in [-0.4, -0.2) is 9.97 Å². The van der Waals surface area contributed by atoms with Gasteiger partial charge in [0.15, 0.2) is 0 Å². The average molecular weight is 135 g/mol. The fourth-order valence-corrected chi connectivity index (χ4v) is 0.583. The van der Waals surface area contributed by atoms with Crippen LogP contribution in [0.25, 0.3) is 0 Å². The molecule has 0 spiro atoms. The first kappa shape index (κ1) is 6.74. The van der Waals surface area contributed by atoms with Crippen molar-refractivity contribution in [1.29, 1.82) is 0 Å². The molecule has 1 rings (SSSR count). The first-order valence-electron chi connectivity index (χ1n) is 2.97. The van der Waals surface area contributed by atoms with Crippen molar-refractivity contribution in [1.82, 2.24) is 9.97 Å². The standard InChI is InChI=1S/C7H9N3/c1-6(2)10-7-3-4-8-5-9-7/h3-5H,1H2,2H3,(H,8,9,10). The second-order valence-corrected chi connectivity index (χ2v) is 2.00. The number of aromatic nitrogens is 2. The van der Waals surface area contributed by atoms with E-state index >= 15 is 0 Å². The summed E-state index contributed by atoms with van der Waals surface area (Å²) in [5.74, 6) is 0.780. The molecule has 3 nitrogen and oxygen atoms in total. The summed E-state index contributed by atoms with van der Waals surface area (Å²) >= 11 is 0. The predicted octanol–water partition coefficient (Wildman–Crippen LogP) is 1.42. The zero-order valence-electron chi connectivity index (χ0n) is 5.83. The van der Waals surface area contributed by atoms with E-state index in [1.807, 2.05) is 6.92 Å². The monoisotopic (exact) mass is 135 g/mol. The number of rotatable bonds is 2. The van der Waals surface area contributed by atoms with Gasteiger partial charge < -0.3 is 5.32 Å². The van der Waals surface area contributed by atoms with Crippen molar-refractivity contribution in [2.45, 2.75) is 6.92 Å². The summed E-state index contributed by atoms with van der Waals surface area (Å²) < 4.78 is 0. The Balaban J connectivity index is 2.67. The summed E-state index contributed by atoms with van der Waals surface area (Å²) in [6.45, 7) is 5.56. The normalized spacial score (nSPS) is 8.90. The van der Waals surface area contributed by atoms with Gasteiger partial charge in [0.2, 0.25) is 0 Å². The zero-order chi connectivity index (χ0) is 7.40. The van der Waals surface area contributed by atoms with E-state index in [9.17, 15) is 0 Å². The average Bonchev–Trinajstić information content (AvgIpc) is 1.88. The Kier molecular flexibility index (Phi) is 1.99. The minimum Gasteiger partial charge on any atom is -0.345 e. The molecule has 0 saturated heterocycles. The molecule has 1 aromatic rings. The lowest BCUT2D eigenvalue weighted by atomic mass is 10.5. The summed E-state index contributed by atoms with van der Waals surface area (Å²) in [7, 11) is 0. The molecule has 3 heteroatoms. The van der Waals surface area contributed by atoms with Crippen molar-refractivity contribution in [2.24, 2.45) is 0 Å². The van der Waals surface area contributed by atoms with Crippen LogP contribution in [0.3, 0.4) is 0 Å². The lowest BCUT2D eigenvalue weighted by Crippen LogP contribution is -1.95. The fraction of sp³-hybridized carbons (Fsp3) is 0.143. The van der Waals surface area contributed by atoms with Crippen molar-refractivity contribution >= 4 is 5.82 Å². The van der Waals surface area contributed by atoms with Gasteiger partial charge in [-0.25, -0.2) is 9.97 Å². The van der Waals surface area contributed by atoms with E-state index in [1.54, 1.807) is 12.3 Å². The van der Waals surface area contributed by atoms with E-state index in [2.05, 4.69) is 21.9 Å². The quantitative estimate of drug-likeness (QED) is 0.666. The molecule has 0 aliphatic rings. The third-order valence-electron chi connectivity index (χ3n) is 0.923. The lowest BCUT2D eigenvalue weighted by molar-refractivity contribution is 1.15. The molecule has 0 bridgehead atoms. The van der Waals surface area contributed by atoms with E-state index in [-0.39, 0.29) is 0 Å². The maximum atomic E-state index is 3.94. The number of nitrogens with one attached hydrogen (secondary N) is 1. The van der Waals surface area contributed by atoms with E-state index < -0.39 is 0 Å². The van der Waals surface area contributed by atoms with Gasteiger partial charge in [0.25, 0.3) is 0 Å². The minimum atomic E-state index is 0.780. The molecule has 0 amide bonds. The smallest absolute Gasteiger partial charge is 0.133 e. The highest BCUT2D eigenvalue weighted by Gasteiger charge is 1.87. The third kappa shape index (κ3) is 1.85. The second kappa shape index (κ2) is 2.96. The van der Waals surface area contributed by atoms with Crippen LogP contribution in [0.5, 0.6) is 0 Å². The highest BCUT2D eigenvalue weighted by molar-refractivity contribution is 5.37. The van der Waals surface area contributed by atoms with Crippen LogP contribution in [0.4, 0.5) is 5.82 Å². The van der Waals surface area contributed by atoms with Gasteiger partial charge in [-0.3, -0.25) is 0 Å². The molecule has 1 N–H and O–H groups in total. The molecule has 0 aromatic carbocycles. The van der Waals surface area contributed by atoms with E-state index in [1.165, 1.54) is 6.33 Å². The number of hydrogen-bond donors (Lipinski definition) is 1. The number of hydrogen-bond acceptors (Lipinski definition) is 3. The maximum Gasteiger partial charge on any atom is 0.133 e. The van der Waals surface area contributed by atoms with Gasteiger partial charge in [0.1, 0.15) is 12.1 Å². The van der Waals surface area contributed by atoms with Gasteiger partial charge >= 0.3 is 0 Å². The van der Waals surface area contributed by atoms with Crippen molar-refractivity contribution in [3.63, 3.8) is 0 Å². The summed E-state index contributed by atoms with van der Waals surface area (Å²) in [6.07, 6.45) is 3.17. The zero-order valence-corrected chi connectivity index (χ0v) is 5.83. The molecule has 0 saturated carbocycles. The third-order valence-corrected chi connectivity index (χ3v) is 0.923. The number of nitrogens with zero attached hydrogens (tertiary/aromatic N) is 2. The van der Waals surface area contributed by atoms with Crippen LogP contribution in [0, 0.1) is 0 Å². The Bertz CT molecular complexity index is 218. The summed E-state index contributed by atoms with van der Waals surface area (Å²) in [4.78, 5) is 7.71. The van der Waals surface area contributed by atoms with Gasteiger partial charge in [-0.05, 0) is 13.0 Å². The van der Waals surface area contributed by atoms with Crippen molar-refractivity contribution < 1.29 is 0 Å². The lowest BCUT2D eigenvalue weighted by Gasteiger charge is -2.00. The van der Waals surface area contributed by atoms with Gasteiger partial charge in [0, 0.05) is 11.9 Å². The molecule has 0 radical (unpaired) electrons. The molecular formula is C7H9N3. The van der Waals surface area contributed by atoms with Crippen LogP contribution in [0.15, 0.2) is 30.9 Å². The Morgan fingerprint density at radius 2 is 2.50 bits per heavy atom. The second-order valence-electron chi connectivity index (χ2n) is 2.00. The van der Waals surface area contributed by atoms with Crippen molar-refractivity contribution in [3.8, 4) is 0 Å². The predicted molar refractivity (Wildman–Crippen MR) is 40.5 cm³/mol. The summed E-state index contributed by atoms with van der Waals surface area (Å²) in [5, 5.41) is 2.96. The molecule has 10 heavy (non-hydrogen) atoms. The molecular weight excluding hydrogens is 126 g/mol. The minimum absolute atomic E-state index is 0.780. The Hall–Kier alpha value is -1.38. The molecule has 1 heterocycles. The van der Waals surface area contributed by atoms with Crippen LogP contribution in [-0.2, 0) is 0 Å². The molecule has 0 aliphatic heterocycles. The van der Waals surface area contributed by atoms with Crippen molar-refractivity contribution in [3.05, 3.63) is 30.9 Å². The van der Waals surface area contributed by atoms with E-state index in [0.29, 0.717) is 0 Å². The molecule has 0 aliphatic carbocycles. The van der Waals surface area contributed by atoms with Crippen LogP contribution < -0.4 is 5.32 Å². The Morgan fingerprint density at radius 3 is 3.00 bits per heavy atom. The van der Waals surface area contributed by atoms with Gasteiger partial charge in [-0.2, -0.15) is 0 Å². The maximum absolute atomic E-state index is 3.94. The molecule has 0 atom stereocenters. The van der Waals surface area contributed by atoms with E-state index in [4.69, 9.17) is 0 Å². The number of allylic oxidation sites excluding steroid dienone is 1. The molecule has 0 fully saturated rings. The SMILES string of the molecule is C=C(C)Nc1ccncn1. The summed E-state index contributed by atoms with van der Waals surface area (Å²) in [5.41, 5.74) is 0.874. The fourth-order valence-electron chi connectivity index (χ4n) is 0.583. The Labute approximate surface area is 59.8 Å². The topological polar surface area (TPSA) is 37.8 Å². The van der Waals surface area contributed by atoms with Gasteiger partial charge in [-0.1, -0.05) is 6.58 Å². The largest absolute Gasteiger partial charge is 0.345 e. The highest BCUT2D eigenvalue weighted by Crippen LogP contribution is 2.00. The van der Waals surface area contributed by atoms with Crippen LogP contribution in [0.1, 0.15) is 6.92 Å². The highest BCUT2D eigenvalue weighted by atomic mass is 15.0. The van der Waals surface area contributed by atoms with Crippen molar-refractivity contribution in [2.75, 3.05) is 5.32 Å². The Morgan fingerprint density at radius 1 is 1.70 bits per heavy atom. The first-order valence-corrected chi connectivity index (χ1v) is 2.97. The van der Waals surface area contributed by atoms with Crippen LogP contribution >= 0.6 is 0 Å². The summed E-state index contributed by atoms with van der Waals surface area (Å²) in [6, 6.07) is 1.79. The van der Waals surface area contributed by atoms with Gasteiger partial charge in [0.05, 0.1) is 0 Å². The molecule has 1 aromatic heterocycles. The van der Waals surface area contributed by atoms with Crippen LogP contribution in [0.2, 0.25) is 0 Å².